The number of hydrogen-bond acceptors (Lipinski definition) is 3. The van der Waals surface area contributed by atoms with Crippen molar-refractivity contribution in [2.75, 3.05) is 13.1 Å². The van der Waals surface area contributed by atoms with Crippen LogP contribution in [0.3, 0.4) is 0 Å². The second-order valence-electron chi connectivity index (χ2n) is 3.63. The summed E-state index contributed by atoms with van der Waals surface area (Å²) >= 11 is 13.4. The summed E-state index contributed by atoms with van der Waals surface area (Å²) < 4.78 is 0.685. The highest BCUT2D eigenvalue weighted by Crippen LogP contribution is 2.33. The molecule has 0 aromatic carbocycles. The van der Waals surface area contributed by atoms with Crippen molar-refractivity contribution in [3.8, 4) is 0 Å². The van der Waals surface area contributed by atoms with Gasteiger partial charge in [0.05, 0.1) is 5.02 Å². The lowest BCUT2D eigenvalue weighted by Gasteiger charge is -2.14. The van der Waals surface area contributed by atoms with Gasteiger partial charge in [0.2, 0.25) is 0 Å². The Labute approximate surface area is 110 Å². The molecule has 1 aromatic heterocycles. The maximum Gasteiger partial charge on any atom is 0.112 e. The van der Waals surface area contributed by atoms with Crippen molar-refractivity contribution in [3.63, 3.8) is 0 Å². The van der Waals surface area contributed by atoms with Crippen LogP contribution in [0.15, 0.2) is 5.38 Å². The molecule has 1 aromatic rings. The van der Waals surface area contributed by atoms with E-state index in [9.17, 15) is 0 Å². The summed E-state index contributed by atoms with van der Waals surface area (Å²) in [5, 5.41) is 2.73. The number of halogens is 3. The lowest BCUT2D eigenvalue weighted by atomic mass is 10.3. The molecule has 0 bridgehead atoms. The Morgan fingerprint density at radius 2 is 2.27 bits per heavy atom. The average Bonchev–Trinajstić information content (AvgIpc) is 2.67. The molecule has 1 aliphatic rings. The first-order valence-corrected chi connectivity index (χ1v) is 6.19. The van der Waals surface area contributed by atoms with E-state index >= 15 is 0 Å². The molecule has 1 aliphatic heterocycles. The zero-order valence-electron chi connectivity index (χ0n) is 8.08. The first-order valence-electron chi connectivity index (χ1n) is 4.56. The highest BCUT2D eigenvalue weighted by Gasteiger charge is 2.20. The molecule has 0 saturated carbocycles. The predicted molar refractivity (Wildman–Crippen MR) is 69.5 cm³/mol. The number of nitrogens with zero attached hydrogens (tertiary/aromatic N) is 1. The van der Waals surface area contributed by atoms with Crippen molar-refractivity contribution in [1.29, 1.82) is 0 Å². The van der Waals surface area contributed by atoms with Gasteiger partial charge in [0.25, 0.3) is 0 Å². The van der Waals surface area contributed by atoms with E-state index in [2.05, 4.69) is 4.90 Å². The van der Waals surface area contributed by atoms with Gasteiger partial charge < -0.3 is 5.73 Å². The molecule has 0 spiro atoms. The van der Waals surface area contributed by atoms with Gasteiger partial charge in [-0.3, -0.25) is 4.90 Å². The number of rotatable bonds is 2. The van der Waals surface area contributed by atoms with E-state index in [0.29, 0.717) is 15.4 Å². The normalized spacial score (nSPS) is 21.7. The number of hydrogen-bond donors (Lipinski definition) is 1. The molecular formula is C9H13Cl3N2S. The standard InChI is InChI=1S/C9H12Cl2N2S.ClH/c10-8-6(5-14-9(8)11)3-13-2-1-7(12)4-13;/h5,7H,1-4,12H2;1H. The molecule has 2 N–H and O–H groups in total. The van der Waals surface area contributed by atoms with E-state index in [0.717, 1.165) is 31.6 Å². The molecule has 0 radical (unpaired) electrons. The topological polar surface area (TPSA) is 29.3 Å². The molecular weight excluding hydrogens is 275 g/mol. The lowest BCUT2D eigenvalue weighted by molar-refractivity contribution is 0.327. The third-order valence-corrected chi connectivity index (χ3v) is 4.37. The van der Waals surface area contributed by atoms with Crippen molar-refractivity contribution >= 4 is 46.9 Å². The van der Waals surface area contributed by atoms with E-state index in [4.69, 9.17) is 28.9 Å². The fourth-order valence-corrected chi connectivity index (χ4v) is 2.95. The fraction of sp³-hybridized carbons (Fsp3) is 0.556. The third-order valence-electron chi connectivity index (χ3n) is 2.46. The molecule has 0 aliphatic carbocycles. The van der Waals surface area contributed by atoms with Gasteiger partial charge in [-0.2, -0.15) is 0 Å². The van der Waals surface area contributed by atoms with E-state index in [-0.39, 0.29) is 12.4 Å². The maximum absolute atomic E-state index is 6.04. The molecule has 15 heavy (non-hydrogen) atoms. The van der Waals surface area contributed by atoms with Gasteiger partial charge in [-0.15, -0.1) is 23.7 Å². The first-order chi connectivity index (χ1) is 6.66. The molecule has 2 nitrogen and oxygen atoms in total. The van der Waals surface area contributed by atoms with Crippen LogP contribution < -0.4 is 5.73 Å². The number of nitrogens with two attached hydrogens (primary N) is 1. The Bertz CT molecular complexity index is 329. The highest BCUT2D eigenvalue weighted by atomic mass is 35.5. The van der Waals surface area contributed by atoms with Gasteiger partial charge in [-0.05, 0) is 17.4 Å². The zero-order chi connectivity index (χ0) is 10.1. The smallest absolute Gasteiger partial charge is 0.112 e. The molecule has 1 atom stereocenters. The molecule has 1 saturated heterocycles. The van der Waals surface area contributed by atoms with Crippen molar-refractivity contribution < 1.29 is 0 Å². The molecule has 1 unspecified atom stereocenters. The number of thiophene rings is 1. The van der Waals surface area contributed by atoms with Crippen LogP contribution >= 0.6 is 46.9 Å². The van der Waals surface area contributed by atoms with Crippen molar-refractivity contribution in [3.05, 3.63) is 20.3 Å². The molecule has 86 valence electrons. The quantitative estimate of drug-likeness (QED) is 0.906. The van der Waals surface area contributed by atoms with E-state index in [1.54, 1.807) is 0 Å². The highest BCUT2D eigenvalue weighted by molar-refractivity contribution is 7.15. The zero-order valence-corrected chi connectivity index (χ0v) is 11.2. The van der Waals surface area contributed by atoms with Crippen LogP contribution in [0.4, 0.5) is 0 Å². The Hall–Kier alpha value is 0.490. The Balaban J connectivity index is 0.00000112. The Kier molecular flexibility index (Phi) is 5.16. The van der Waals surface area contributed by atoms with Crippen LogP contribution in [0.5, 0.6) is 0 Å². The summed E-state index contributed by atoms with van der Waals surface area (Å²) in [5.41, 5.74) is 6.95. The predicted octanol–water partition coefficient (Wildman–Crippen LogP) is 3.01. The minimum atomic E-state index is 0. The second-order valence-corrected chi connectivity index (χ2v) is 5.49. The summed E-state index contributed by atoms with van der Waals surface area (Å²) in [6, 6.07) is 0.322. The van der Waals surface area contributed by atoms with Crippen LogP contribution in [-0.4, -0.2) is 24.0 Å². The summed E-state index contributed by atoms with van der Waals surface area (Å²) in [5.74, 6) is 0. The van der Waals surface area contributed by atoms with Crippen molar-refractivity contribution in [1.82, 2.24) is 4.90 Å². The number of likely N-dealkylation sites (tertiary alicyclic amines) is 1. The minimum Gasteiger partial charge on any atom is -0.326 e. The van der Waals surface area contributed by atoms with Gasteiger partial charge in [0.15, 0.2) is 0 Å². The van der Waals surface area contributed by atoms with Crippen LogP contribution in [0.25, 0.3) is 0 Å². The summed E-state index contributed by atoms with van der Waals surface area (Å²) in [7, 11) is 0. The van der Waals surface area contributed by atoms with Crippen LogP contribution in [0.2, 0.25) is 9.36 Å². The summed E-state index contributed by atoms with van der Waals surface area (Å²) in [6.07, 6.45) is 1.08. The van der Waals surface area contributed by atoms with E-state index in [1.807, 2.05) is 5.38 Å². The molecule has 2 heterocycles. The molecule has 6 heteroatoms. The van der Waals surface area contributed by atoms with E-state index in [1.165, 1.54) is 11.3 Å². The van der Waals surface area contributed by atoms with Crippen LogP contribution in [-0.2, 0) is 6.54 Å². The second kappa shape index (κ2) is 5.71. The Morgan fingerprint density at radius 1 is 1.53 bits per heavy atom. The molecule has 2 rings (SSSR count). The lowest BCUT2D eigenvalue weighted by Crippen LogP contribution is -2.26. The van der Waals surface area contributed by atoms with Crippen LogP contribution in [0.1, 0.15) is 12.0 Å². The van der Waals surface area contributed by atoms with Gasteiger partial charge in [0, 0.05) is 25.7 Å². The van der Waals surface area contributed by atoms with Crippen molar-refractivity contribution in [2.24, 2.45) is 5.73 Å². The fourth-order valence-electron chi connectivity index (χ4n) is 1.71. The summed E-state index contributed by atoms with van der Waals surface area (Å²) in [4.78, 5) is 2.31. The SMILES string of the molecule is Cl.NC1CCN(Cc2csc(Cl)c2Cl)C1. The van der Waals surface area contributed by atoms with Gasteiger partial charge in [-0.1, -0.05) is 23.2 Å². The molecule has 0 amide bonds. The maximum atomic E-state index is 6.04. The van der Waals surface area contributed by atoms with Crippen LogP contribution in [0, 0.1) is 0 Å². The minimum absolute atomic E-state index is 0. The monoisotopic (exact) mass is 286 g/mol. The van der Waals surface area contributed by atoms with E-state index < -0.39 is 0 Å². The van der Waals surface area contributed by atoms with Gasteiger partial charge in [0.1, 0.15) is 4.34 Å². The van der Waals surface area contributed by atoms with Crippen molar-refractivity contribution in [2.45, 2.75) is 19.0 Å². The molecule has 1 fully saturated rings. The average molecular weight is 288 g/mol. The third kappa shape index (κ3) is 3.22. The summed E-state index contributed by atoms with van der Waals surface area (Å²) in [6.45, 7) is 2.89. The Morgan fingerprint density at radius 3 is 2.73 bits per heavy atom. The van der Waals surface area contributed by atoms with Gasteiger partial charge in [-0.25, -0.2) is 0 Å². The first kappa shape index (κ1) is 13.6. The largest absolute Gasteiger partial charge is 0.326 e. The van der Waals surface area contributed by atoms with Gasteiger partial charge >= 0.3 is 0 Å².